The number of sulfone groups is 1. The van der Waals surface area contributed by atoms with E-state index < -0.39 is 9.84 Å². The van der Waals surface area contributed by atoms with Gasteiger partial charge in [-0.2, -0.15) is 0 Å². The lowest BCUT2D eigenvalue weighted by atomic mass is 10.1. The summed E-state index contributed by atoms with van der Waals surface area (Å²) < 4.78 is 23.3. The van der Waals surface area contributed by atoms with E-state index in [4.69, 9.17) is 11.6 Å². The Morgan fingerprint density at radius 2 is 2.00 bits per heavy atom. The quantitative estimate of drug-likeness (QED) is 0.858. The Labute approximate surface area is 124 Å². The van der Waals surface area contributed by atoms with Gasteiger partial charge in [0.1, 0.15) is 0 Å². The summed E-state index contributed by atoms with van der Waals surface area (Å²) in [5, 5.41) is 0.141. The number of hydrogen-bond acceptors (Lipinski definition) is 3. The second kappa shape index (κ2) is 5.37. The highest BCUT2D eigenvalue weighted by Crippen LogP contribution is 2.35. The minimum Gasteiger partial charge on any atom is -0.339 e. The Morgan fingerprint density at radius 1 is 1.40 bits per heavy atom. The molecule has 0 spiro atoms. The summed E-state index contributed by atoms with van der Waals surface area (Å²) in [4.78, 5) is 14.1. The Morgan fingerprint density at radius 3 is 2.50 bits per heavy atom. The van der Waals surface area contributed by atoms with Crippen molar-refractivity contribution in [2.45, 2.75) is 30.7 Å². The molecule has 1 aliphatic carbocycles. The van der Waals surface area contributed by atoms with Gasteiger partial charge < -0.3 is 4.90 Å². The second-order valence-electron chi connectivity index (χ2n) is 5.41. The predicted octanol–water partition coefficient (Wildman–Crippen LogP) is 2.61. The van der Waals surface area contributed by atoms with Crippen molar-refractivity contribution in [3.63, 3.8) is 0 Å². The van der Waals surface area contributed by atoms with E-state index in [0.717, 1.165) is 19.1 Å². The smallest absolute Gasteiger partial charge is 0.253 e. The van der Waals surface area contributed by atoms with Crippen LogP contribution in [-0.2, 0) is 9.84 Å². The lowest BCUT2D eigenvalue weighted by molar-refractivity contribution is 0.0727. The summed E-state index contributed by atoms with van der Waals surface area (Å²) in [6.45, 7) is 2.02. The van der Waals surface area contributed by atoms with Crippen LogP contribution in [0.2, 0.25) is 5.02 Å². The first kappa shape index (κ1) is 15.3. The highest BCUT2D eigenvalue weighted by Gasteiger charge is 2.33. The molecule has 4 nitrogen and oxygen atoms in total. The first-order chi connectivity index (χ1) is 9.21. The average molecular weight is 316 g/mol. The summed E-state index contributed by atoms with van der Waals surface area (Å²) in [6.07, 6.45) is 3.38. The molecule has 2 rings (SSSR count). The van der Waals surface area contributed by atoms with Crippen LogP contribution in [0, 0.1) is 5.92 Å². The van der Waals surface area contributed by atoms with E-state index in [1.54, 1.807) is 18.0 Å². The predicted molar refractivity (Wildman–Crippen MR) is 78.8 cm³/mol. The second-order valence-corrected chi connectivity index (χ2v) is 7.80. The molecule has 1 unspecified atom stereocenters. The number of carbonyl (C=O) groups excluding carboxylic acids is 1. The number of benzene rings is 1. The molecular weight excluding hydrogens is 298 g/mol. The lowest BCUT2D eigenvalue weighted by Crippen LogP contribution is -2.36. The van der Waals surface area contributed by atoms with Crippen LogP contribution in [0.25, 0.3) is 0 Å². The van der Waals surface area contributed by atoms with Crippen LogP contribution in [0.5, 0.6) is 0 Å². The summed E-state index contributed by atoms with van der Waals surface area (Å²) in [7, 11) is -1.69. The van der Waals surface area contributed by atoms with Crippen LogP contribution in [0.4, 0.5) is 0 Å². The molecule has 1 amide bonds. The van der Waals surface area contributed by atoms with Gasteiger partial charge in [-0.25, -0.2) is 8.42 Å². The molecule has 0 aliphatic heterocycles. The molecule has 0 aromatic heterocycles. The van der Waals surface area contributed by atoms with Crippen molar-refractivity contribution in [2.75, 3.05) is 13.3 Å². The van der Waals surface area contributed by atoms with Crippen LogP contribution >= 0.6 is 11.6 Å². The molecule has 0 N–H and O–H groups in total. The summed E-state index contributed by atoms with van der Waals surface area (Å²) >= 11 is 5.88. The first-order valence-corrected chi connectivity index (χ1v) is 8.75. The third-order valence-electron chi connectivity index (χ3n) is 3.81. The maximum atomic E-state index is 12.4. The van der Waals surface area contributed by atoms with E-state index in [0.29, 0.717) is 11.5 Å². The zero-order valence-electron chi connectivity index (χ0n) is 11.8. The third-order valence-corrected chi connectivity index (χ3v) is 5.39. The van der Waals surface area contributed by atoms with Gasteiger partial charge in [-0.05, 0) is 43.9 Å². The van der Waals surface area contributed by atoms with Gasteiger partial charge in [0.15, 0.2) is 9.84 Å². The Balaban J connectivity index is 2.31. The van der Waals surface area contributed by atoms with Crippen molar-refractivity contribution in [3.05, 3.63) is 28.8 Å². The SMILES string of the molecule is CC(C1CC1)N(C)C(=O)c1ccc(Cl)c(S(C)(=O)=O)c1. The van der Waals surface area contributed by atoms with Crippen LogP contribution in [-0.4, -0.2) is 38.6 Å². The fourth-order valence-corrected chi connectivity index (χ4v) is 3.51. The van der Waals surface area contributed by atoms with Crippen molar-refractivity contribution < 1.29 is 13.2 Å². The standard InChI is InChI=1S/C14H18ClNO3S/c1-9(10-4-5-10)16(2)14(17)11-6-7-12(15)13(8-11)20(3,18)19/h6-10H,4-5H2,1-3H3. The van der Waals surface area contributed by atoms with Gasteiger partial charge in [-0.15, -0.1) is 0 Å². The van der Waals surface area contributed by atoms with Crippen molar-refractivity contribution in [1.29, 1.82) is 0 Å². The van der Waals surface area contributed by atoms with Crippen LogP contribution in [0.15, 0.2) is 23.1 Å². The molecule has 1 saturated carbocycles. The molecule has 0 bridgehead atoms. The van der Waals surface area contributed by atoms with E-state index in [9.17, 15) is 13.2 Å². The number of nitrogens with zero attached hydrogens (tertiary/aromatic N) is 1. The number of rotatable bonds is 4. The van der Waals surface area contributed by atoms with Crippen molar-refractivity contribution in [1.82, 2.24) is 4.90 Å². The molecule has 110 valence electrons. The molecule has 0 heterocycles. The zero-order valence-corrected chi connectivity index (χ0v) is 13.3. The third kappa shape index (κ3) is 3.15. The van der Waals surface area contributed by atoms with E-state index in [2.05, 4.69) is 0 Å². The summed E-state index contributed by atoms with van der Waals surface area (Å²) in [5.41, 5.74) is 0.352. The molecule has 1 aromatic carbocycles. The van der Waals surface area contributed by atoms with Gasteiger partial charge >= 0.3 is 0 Å². The van der Waals surface area contributed by atoms with E-state index in [1.807, 2.05) is 6.92 Å². The van der Waals surface area contributed by atoms with Crippen LogP contribution in [0.1, 0.15) is 30.1 Å². The first-order valence-electron chi connectivity index (χ1n) is 6.48. The molecule has 1 aliphatic rings. The molecular formula is C14H18ClNO3S. The van der Waals surface area contributed by atoms with Crippen molar-refractivity contribution in [3.8, 4) is 0 Å². The summed E-state index contributed by atoms with van der Waals surface area (Å²) in [6, 6.07) is 4.55. The fourth-order valence-electron chi connectivity index (χ4n) is 2.20. The highest BCUT2D eigenvalue weighted by atomic mass is 35.5. The van der Waals surface area contributed by atoms with Gasteiger partial charge in [-0.3, -0.25) is 4.79 Å². The average Bonchev–Trinajstić information content (AvgIpc) is 3.19. The van der Waals surface area contributed by atoms with E-state index in [1.165, 1.54) is 12.1 Å². The Kier molecular flexibility index (Phi) is 4.12. The van der Waals surface area contributed by atoms with E-state index >= 15 is 0 Å². The minimum atomic E-state index is -3.44. The van der Waals surface area contributed by atoms with Gasteiger partial charge in [0, 0.05) is 24.9 Å². The molecule has 20 heavy (non-hydrogen) atoms. The monoisotopic (exact) mass is 315 g/mol. The fraction of sp³-hybridized carbons (Fsp3) is 0.500. The molecule has 1 atom stereocenters. The van der Waals surface area contributed by atoms with Gasteiger partial charge in [0.05, 0.1) is 9.92 Å². The summed E-state index contributed by atoms with van der Waals surface area (Å²) in [5.74, 6) is 0.386. The number of halogens is 1. The van der Waals surface area contributed by atoms with Gasteiger partial charge in [0.2, 0.25) is 0 Å². The molecule has 0 radical (unpaired) electrons. The Bertz CT molecular complexity index is 638. The van der Waals surface area contributed by atoms with Crippen LogP contribution < -0.4 is 0 Å². The molecule has 6 heteroatoms. The number of carbonyl (C=O) groups is 1. The van der Waals surface area contributed by atoms with E-state index in [-0.39, 0.29) is 21.9 Å². The topological polar surface area (TPSA) is 54.5 Å². The van der Waals surface area contributed by atoms with Gasteiger partial charge in [0.25, 0.3) is 5.91 Å². The maximum Gasteiger partial charge on any atom is 0.253 e. The van der Waals surface area contributed by atoms with Crippen molar-refractivity contribution >= 4 is 27.3 Å². The maximum absolute atomic E-state index is 12.4. The van der Waals surface area contributed by atoms with Crippen molar-refractivity contribution in [2.24, 2.45) is 5.92 Å². The van der Waals surface area contributed by atoms with Gasteiger partial charge in [-0.1, -0.05) is 11.6 Å². The largest absolute Gasteiger partial charge is 0.339 e. The molecule has 1 aromatic rings. The minimum absolute atomic E-state index is 0.00232. The van der Waals surface area contributed by atoms with Crippen LogP contribution in [0.3, 0.4) is 0 Å². The highest BCUT2D eigenvalue weighted by molar-refractivity contribution is 7.90. The zero-order chi connectivity index (χ0) is 15.1. The lowest BCUT2D eigenvalue weighted by Gasteiger charge is -2.25. The molecule has 0 saturated heterocycles. The number of hydrogen-bond donors (Lipinski definition) is 0. The normalized spacial score (nSPS) is 16.8. The number of amides is 1. The Hall–Kier alpha value is -1.07. The molecule has 1 fully saturated rings.